The first kappa shape index (κ1) is 20.0. The fourth-order valence-electron chi connectivity index (χ4n) is 2.18. The highest BCUT2D eigenvalue weighted by atomic mass is 32.2. The van der Waals surface area contributed by atoms with Crippen molar-refractivity contribution in [1.82, 2.24) is 4.72 Å². The molecule has 0 radical (unpaired) electrons. The van der Waals surface area contributed by atoms with E-state index in [9.17, 15) is 22.0 Å². The van der Waals surface area contributed by atoms with Crippen LogP contribution in [0.25, 0.3) is 0 Å². The van der Waals surface area contributed by atoms with E-state index >= 15 is 0 Å². The summed E-state index contributed by atoms with van der Waals surface area (Å²) in [7, 11) is -4.15. The van der Waals surface area contributed by atoms with Gasteiger partial charge in [0.05, 0.1) is 0 Å². The molecule has 26 heavy (non-hydrogen) atoms. The van der Waals surface area contributed by atoms with Gasteiger partial charge in [-0.05, 0) is 63.6 Å². The second-order valence-electron chi connectivity index (χ2n) is 6.92. The number of amides is 1. The Morgan fingerprint density at radius 1 is 1.00 bits per heavy atom. The van der Waals surface area contributed by atoms with Crippen LogP contribution in [0.2, 0.25) is 0 Å². The first-order valence-electron chi connectivity index (χ1n) is 7.80. The number of aryl methyl sites for hydroxylation is 1. The van der Waals surface area contributed by atoms with Crippen molar-refractivity contribution in [2.24, 2.45) is 0 Å². The quantitative estimate of drug-likeness (QED) is 0.848. The number of benzene rings is 2. The lowest BCUT2D eigenvalue weighted by atomic mass is 10.1. The maximum atomic E-state index is 14.0. The zero-order valence-electron chi connectivity index (χ0n) is 14.9. The fraction of sp³-hybridized carbons (Fsp3) is 0.278. The first-order chi connectivity index (χ1) is 11.9. The number of hydrogen-bond acceptors (Lipinski definition) is 3. The number of nitrogens with one attached hydrogen (secondary N) is 2. The van der Waals surface area contributed by atoms with Crippen molar-refractivity contribution in [3.63, 3.8) is 0 Å². The summed E-state index contributed by atoms with van der Waals surface area (Å²) in [4.78, 5) is 11.7. The first-order valence-corrected chi connectivity index (χ1v) is 9.28. The molecule has 140 valence electrons. The van der Waals surface area contributed by atoms with Crippen LogP contribution >= 0.6 is 0 Å². The van der Waals surface area contributed by atoms with Gasteiger partial charge in [-0.15, -0.1) is 0 Å². The zero-order chi connectivity index (χ0) is 19.7. The number of sulfonamides is 1. The average molecular weight is 382 g/mol. The lowest BCUT2D eigenvalue weighted by Crippen LogP contribution is -2.40. The predicted molar refractivity (Wildman–Crippen MR) is 95.6 cm³/mol. The molecule has 0 saturated heterocycles. The molecule has 0 aliphatic heterocycles. The summed E-state index contributed by atoms with van der Waals surface area (Å²) in [5, 5.41) is 2.46. The molecule has 0 aliphatic rings. The van der Waals surface area contributed by atoms with Gasteiger partial charge in [0.2, 0.25) is 10.0 Å². The van der Waals surface area contributed by atoms with Crippen LogP contribution in [0.5, 0.6) is 0 Å². The van der Waals surface area contributed by atoms with Gasteiger partial charge in [0.15, 0.2) is 0 Å². The molecule has 0 aromatic heterocycles. The highest BCUT2D eigenvalue weighted by molar-refractivity contribution is 7.89. The Morgan fingerprint density at radius 3 is 2.23 bits per heavy atom. The molecule has 0 unspecified atom stereocenters. The van der Waals surface area contributed by atoms with E-state index in [0.29, 0.717) is 5.56 Å². The van der Waals surface area contributed by atoms with Gasteiger partial charge < -0.3 is 5.32 Å². The van der Waals surface area contributed by atoms with Crippen LogP contribution in [-0.2, 0) is 10.0 Å². The van der Waals surface area contributed by atoms with Crippen LogP contribution in [0.1, 0.15) is 36.7 Å². The summed E-state index contributed by atoms with van der Waals surface area (Å²) < 4.78 is 54.6. The van der Waals surface area contributed by atoms with Crippen LogP contribution in [0.4, 0.5) is 14.5 Å². The normalized spacial score (nSPS) is 12.1. The highest BCUT2D eigenvalue weighted by Crippen LogP contribution is 2.20. The van der Waals surface area contributed by atoms with Gasteiger partial charge in [0, 0.05) is 16.8 Å². The van der Waals surface area contributed by atoms with Crippen molar-refractivity contribution in [3.8, 4) is 0 Å². The molecule has 2 aromatic rings. The summed E-state index contributed by atoms with van der Waals surface area (Å²) in [6, 6.07) is 7.17. The van der Waals surface area contributed by atoms with Gasteiger partial charge in [-0.1, -0.05) is 6.07 Å². The molecule has 0 aliphatic carbocycles. The van der Waals surface area contributed by atoms with Crippen LogP contribution in [0.15, 0.2) is 41.3 Å². The zero-order valence-corrected chi connectivity index (χ0v) is 15.7. The van der Waals surface area contributed by atoms with Crippen molar-refractivity contribution in [1.29, 1.82) is 0 Å². The second kappa shape index (κ2) is 7.13. The third kappa shape index (κ3) is 4.86. The monoisotopic (exact) mass is 382 g/mol. The smallest absolute Gasteiger partial charge is 0.255 e. The minimum absolute atomic E-state index is 0.0679. The third-order valence-electron chi connectivity index (χ3n) is 3.35. The Bertz CT molecular complexity index is 951. The maximum Gasteiger partial charge on any atom is 0.255 e. The number of rotatable bonds is 4. The van der Waals surface area contributed by atoms with Crippen molar-refractivity contribution in [2.75, 3.05) is 5.32 Å². The van der Waals surface area contributed by atoms with Gasteiger partial charge in [-0.2, -0.15) is 0 Å². The molecule has 2 rings (SSSR count). The lowest BCUT2D eigenvalue weighted by molar-refractivity contribution is 0.102. The molecule has 2 aromatic carbocycles. The SMILES string of the molecule is Cc1ccc(NC(=O)c2ccc(F)c(S(=O)(=O)NC(C)(C)C)c2)cc1F. The Labute approximate surface area is 151 Å². The predicted octanol–water partition coefficient (Wildman–Crippen LogP) is 3.60. The molecule has 0 atom stereocenters. The highest BCUT2D eigenvalue weighted by Gasteiger charge is 2.26. The van der Waals surface area contributed by atoms with E-state index in [1.54, 1.807) is 27.7 Å². The summed E-state index contributed by atoms with van der Waals surface area (Å²) in [6.45, 7) is 6.43. The lowest BCUT2D eigenvalue weighted by Gasteiger charge is -2.20. The fourth-order valence-corrected chi connectivity index (χ4v) is 3.71. The van der Waals surface area contributed by atoms with Crippen molar-refractivity contribution >= 4 is 21.6 Å². The number of hydrogen-bond donors (Lipinski definition) is 2. The van der Waals surface area contributed by atoms with E-state index < -0.39 is 38.0 Å². The van der Waals surface area contributed by atoms with Gasteiger partial charge in [-0.3, -0.25) is 4.79 Å². The van der Waals surface area contributed by atoms with E-state index in [4.69, 9.17) is 0 Å². The minimum atomic E-state index is -4.15. The van der Waals surface area contributed by atoms with E-state index in [1.165, 1.54) is 12.1 Å². The molecule has 2 N–H and O–H groups in total. The van der Waals surface area contributed by atoms with E-state index in [-0.39, 0.29) is 11.3 Å². The summed E-state index contributed by atoms with van der Waals surface area (Å²) in [6.07, 6.45) is 0. The van der Waals surface area contributed by atoms with E-state index in [2.05, 4.69) is 10.0 Å². The number of anilines is 1. The molecule has 0 saturated carbocycles. The summed E-state index contributed by atoms with van der Waals surface area (Å²) in [5.74, 6) is -2.14. The molecule has 0 bridgehead atoms. The number of halogens is 2. The van der Waals surface area contributed by atoms with Gasteiger partial charge >= 0.3 is 0 Å². The molecule has 0 heterocycles. The molecule has 1 amide bonds. The van der Waals surface area contributed by atoms with Crippen LogP contribution in [0.3, 0.4) is 0 Å². The van der Waals surface area contributed by atoms with Crippen LogP contribution in [0, 0.1) is 18.6 Å². The molecular weight excluding hydrogens is 362 g/mol. The Morgan fingerprint density at radius 2 is 1.65 bits per heavy atom. The van der Waals surface area contributed by atoms with Crippen LogP contribution in [-0.4, -0.2) is 19.9 Å². The van der Waals surface area contributed by atoms with Gasteiger partial charge in [0.1, 0.15) is 16.5 Å². The van der Waals surface area contributed by atoms with Gasteiger partial charge in [0.25, 0.3) is 5.91 Å². The minimum Gasteiger partial charge on any atom is -0.322 e. The largest absolute Gasteiger partial charge is 0.322 e. The van der Waals surface area contributed by atoms with Crippen molar-refractivity contribution in [2.45, 2.75) is 38.1 Å². The summed E-state index contributed by atoms with van der Waals surface area (Å²) >= 11 is 0. The Balaban J connectivity index is 2.33. The number of carbonyl (C=O) groups is 1. The van der Waals surface area contributed by atoms with Crippen LogP contribution < -0.4 is 10.0 Å². The molecule has 5 nitrogen and oxygen atoms in total. The summed E-state index contributed by atoms with van der Waals surface area (Å²) in [5.41, 5.74) is -0.254. The Kier molecular flexibility index (Phi) is 5.48. The van der Waals surface area contributed by atoms with Gasteiger partial charge in [-0.25, -0.2) is 21.9 Å². The Hall–Kier alpha value is -2.32. The van der Waals surface area contributed by atoms with Crippen molar-refractivity contribution < 1.29 is 22.0 Å². The second-order valence-corrected chi connectivity index (χ2v) is 8.57. The van der Waals surface area contributed by atoms with E-state index in [1.807, 2.05) is 0 Å². The standard InChI is InChI=1S/C18H20F2N2O3S/c1-11-5-7-13(10-15(11)20)21-17(23)12-6-8-14(19)16(9-12)26(24,25)22-18(2,3)4/h5-10,22H,1-4H3,(H,21,23). The molecule has 0 fully saturated rings. The maximum absolute atomic E-state index is 14.0. The number of carbonyl (C=O) groups excluding carboxylic acids is 1. The van der Waals surface area contributed by atoms with E-state index in [0.717, 1.165) is 24.3 Å². The molecule has 8 heteroatoms. The topological polar surface area (TPSA) is 75.3 Å². The third-order valence-corrected chi connectivity index (χ3v) is 5.13. The molecular formula is C18H20F2N2O3S. The van der Waals surface area contributed by atoms with Crippen molar-refractivity contribution in [3.05, 3.63) is 59.2 Å². The molecule has 0 spiro atoms. The average Bonchev–Trinajstić information content (AvgIpc) is 2.48.